The molecule has 2 amide bonds. The molecule has 1 heterocycles. The van der Waals surface area contributed by atoms with E-state index in [9.17, 15) is 14.4 Å². The standard InChI is InChI=1S/C17H21N3O4S/c1-18-14(21)10-19-15(22)11-24-17(23)9-5-4-8-16-20-12-6-2-3-7-13(12)25-16/h2-3,6-7H,4-5,8-11H2,1H3,(H,18,21)(H,19,22). The number of aromatic nitrogens is 1. The molecule has 0 aliphatic heterocycles. The Morgan fingerprint density at radius 3 is 2.72 bits per heavy atom. The lowest BCUT2D eigenvalue weighted by atomic mass is 10.2. The van der Waals surface area contributed by atoms with Crippen LogP contribution in [-0.2, 0) is 25.5 Å². The minimum Gasteiger partial charge on any atom is -0.456 e. The van der Waals surface area contributed by atoms with Gasteiger partial charge in [-0.2, -0.15) is 0 Å². The van der Waals surface area contributed by atoms with Gasteiger partial charge in [0.05, 0.1) is 21.8 Å². The zero-order chi connectivity index (χ0) is 18.1. The van der Waals surface area contributed by atoms with Crippen molar-refractivity contribution in [2.75, 3.05) is 20.2 Å². The third-order valence-electron chi connectivity index (χ3n) is 3.45. The number of hydrogen-bond acceptors (Lipinski definition) is 6. The maximum atomic E-state index is 11.6. The van der Waals surface area contributed by atoms with Crippen LogP contribution in [0.3, 0.4) is 0 Å². The Morgan fingerprint density at radius 2 is 1.96 bits per heavy atom. The number of benzene rings is 1. The number of aryl methyl sites for hydroxylation is 1. The van der Waals surface area contributed by atoms with Crippen molar-refractivity contribution in [3.63, 3.8) is 0 Å². The summed E-state index contributed by atoms with van der Waals surface area (Å²) in [5.74, 6) is -1.22. The second-order valence-corrected chi connectivity index (χ2v) is 6.51. The van der Waals surface area contributed by atoms with Crippen molar-refractivity contribution in [3.8, 4) is 0 Å². The van der Waals surface area contributed by atoms with Crippen molar-refractivity contribution < 1.29 is 19.1 Å². The average molecular weight is 363 g/mol. The fourth-order valence-electron chi connectivity index (χ4n) is 2.11. The molecule has 0 aliphatic carbocycles. The first-order valence-corrected chi connectivity index (χ1v) is 8.87. The van der Waals surface area contributed by atoms with Crippen LogP contribution in [0.4, 0.5) is 0 Å². The van der Waals surface area contributed by atoms with Gasteiger partial charge in [-0.15, -0.1) is 11.3 Å². The molecule has 0 bridgehead atoms. The summed E-state index contributed by atoms with van der Waals surface area (Å²) in [7, 11) is 1.48. The van der Waals surface area contributed by atoms with Crippen molar-refractivity contribution in [2.24, 2.45) is 0 Å². The van der Waals surface area contributed by atoms with E-state index in [4.69, 9.17) is 4.74 Å². The lowest BCUT2D eigenvalue weighted by Gasteiger charge is -2.05. The number of carbonyl (C=O) groups is 3. The molecule has 1 aromatic carbocycles. The van der Waals surface area contributed by atoms with Crippen molar-refractivity contribution in [1.82, 2.24) is 15.6 Å². The largest absolute Gasteiger partial charge is 0.456 e. The number of hydrogen-bond donors (Lipinski definition) is 2. The number of ether oxygens (including phenoxy) is 1. The van der Waals surface area contributed by atoms with Crippen molar-refractivity contribution in [2.45, 2.75) is 25.7 Å². The Kier molecular flexibility index (Phi) is 7.34. The lowest BCUT2D eigenvalue weighted by molar-refractivity contribution is -0.148. The maximum Gasteiger partial charge on any atom is 0.306 e. The number of para-hydroxylation sites is 1. The number of rotatable bonds is 9. The molecule has 2 rings (SSSR count). The summed E-state index contributed by atoms with van der Waals surface area (Å²) < 4.78 is 6.04. The van der Waals surface area contributed by atoms with E-state index in [0.29, 0.717) is 6.42 Å². The maximum absolute atomic E-state index is 11.6. The number of nitrogens with one attached hydrogen (secondary N) is 2. The molecule has 2 aromatic rings. The first-order valence-electron chi connectivity index (χ1n) is 8.06. The molecule has 25 heavy (non-hydrogen) atoms. The summed E-state index contributed by atoms with van der Waals surface area (Å²) in [5, 5.41) is 5.79. The first-order chi connectivity index (χ1) is 12.1. The van der Waals surface area contributed by atoms with Crippen LogP contribution in [-0.4, -0.2) is 43.0 Å². The van der Waals surface area contributed by atoms with Crippen LogP contribution < -0.4 is 10.6 Å². The summed E-state index contributed by atoms with van der Waals surface area (Å²) >= 11 is 1.67. The fraction of sp³-hybridized carbons (Fsp3) is 0.412. The van der Waals surface area contributed by atoms with E-state index in [2.05, 4.69) is 15.6 Å². The molecule has 0 aliphatic rings. The van der Waals surface area contributed by atoms with Crippen LogP contribution in [0.1, 0.15) is 24.3 Å². The highest BCUT2D eigenvalue weighted by Gasteiger charge is 2.09. The Labute approximate surface area is 149 Å². The Bertz CT molecular complexity index is 711. The van der Waals surface area contributed by atoms with E-state index in [1.165, 1.54) is 11.7 Å². The Balaban J connectivity index is 1.59. The summed E-state index contributed by atoms with van der Waals surface area (Å²) in [6.07, 6.45) is 2.58. The smallest absolute Gasteiger partial charge is 0.306 e. The van der Waals surface area contributed by atoms with Gasteiger partial charge in [0.2, 0.25) is 5.91 Å². The molecule has 0 saturated carbocycles. The third-order valence-corrected chi connectivity index (χ3v) is 4.55. The van der Waals surface area contributed by atoms with Gasteiger partial charge in [-0.05, 0) is 31.4 Å². The van der Waals surface area contributed by atoms with Gasteiger partial charge in [0, 0.05) is 13.5 Å². The van der Waals surface area contributed by atoms with E-state index < -0.39 is 11.9 Å². The number of amides is 2. The van der Waals surface area contributed by atoms with Gasteiger partial charge in [-0.1, -0.05) is 12.1 Å². The van der Waals surface area contributed by atoms with Gasteiger partial charge in [0.1, 0.15) is 0 Å². The predicted molar refractivity (Wildman–Crippen MR) is 95.2 cm³/mol. The topological polar surface area (TPSA) is 97.4 Å². The molecule has 0 unspecified atom stereocenters. The SMILES string of the molecule is CNC(=O)CNC(=O)COC(=O)CCCCc1nc2ccccc2s1. The minimum atomic E-state index is -0.494. The second kappa shape index (κ2) is 9.73. The van der Waals surface area contributed by atoms with Crippen LogP contribution in [0.25, 0.3) is 10.2 Å². The number of likely N-dealkylation sites (N-methyl/N-ethyl adjacent to an activating group) is 1. The molecule has 134 valence electrons. The van der Waals surface area contributed by atoms with Crippen molar-refractivity contribution >= 4 is 39.3 Å². The summed E-state index contributed by atoms with van der Waals surface area (Å²) in [6, 6.07) is 7.99. The van der Waals surface area contributed by atoms with E-state index >= 15 is 0 Å². The highest BCUT2D eigenvalue weighted by Crippen LogP contribution is 2.22. The first kappa shape index (κ1) is 18.9. The van der Waals surface area contributed by atoms with Gasteiger partial charge in [-0.3, -0.25) is 14.4 Å². The van der Waals surface area contributed by atoms with Crippen molar-refractivity contribution in [1.29, 1.82) is 0 Å². The molecule has 0 atom stereocenters. The monoisotopic (exact) mass is 363 g/mol. The van der Waals surface area contributed by atoms with Gasteiger partial charge >= 0.3 is 5.97 Å². The van der Waals surface area contributed by atoms with Gasteiger partial charge in [0.15, 0.2) is 6.61 Å². The number of nitrogens with zero attached hydrogens (tertiary/aromatic N) is 1. The minimum absolute atomic E-state index is 0.130. The fourth-order valence-corrected chi connectivity index (χ4v) is 3.12. The molecular formula is C17H21N3O4S. The van der Waals surface area contributed by atoms with Crippen LogP contribution in [0, 0.1) is 0 Å². The zero-order valence-corrected chi connectivity index (χ0v) is 14.9. The van der Waals surface area contributed by atoms with Gasteiger partial charge in [-0.25, -0.2) is 4.98 Å². The number of fused-ring (bicyclic) bond motifs is 1. The van der Waals surface area contributed by atoms with E-state index in [0.717, 1.165) is 23.4 Å². The molecule has 0 spiro atoms. The van der Waals surface area contributed by atoms with Crippen LogP contribution in [0.2, 0.25) is 0 Å². The quantitative estimate of drug-likeness (QED) is 0.519. The van der Waals surface area contributed by atoms with Gasteiger partial charge < -0.3 is 15.4 Å². The molecule has 8 heteroatoms. The lowest BCUT2D eigenvalue weighted by Crippen LogP contribution is -2.37. The highest BCUT2D eigenvalue weighted by atomic mass is 32.1. The summed E-state index contributed by atoms with van der Waals surface area (Å²) in [6.45, 7) is -0.497. The van der Waals surface area contributed by atoms with Crippen LogP contribution in [0.15, 0.2) is 24.3 Å². The average Bonchev–Trinajstić information content (AvgIpc) is 3.04. The number of esters is 1. The molecule has 0 fully saturated rings. The van der Waals surface area contributed by atoms with E-state index in [1.807, 2.05) is 24.3 Å². The number of unbranched alkanes of at least 4 members (excludes halogenated alkanes) is 1. The number of thiazole rings is 1. The van der Waals surface area contributed by atoms with Gasteiger partial charge in [0.25, 0.3) is 5.91 Å². The molecule has 7 nitrogen and oxygen atoms in total. The van der Waals surface area contributed by atoms with Crippen LogP contribution in [0.5, 0.6) is 0 Å². The normalized spacial score (nSPS) is 10.4. The zero-order valence-electron chi connectivity index (χ0n) is 14.0. The van der Waals surface area contributed by atoms with Crippen LogP contribution >= 0.6 is 11.3 Å². The Hall–Kier alpha value is -2.48. The summed E-state index contributed by atoms with van der Waals surface area (Å²) in [4.78, 5) is 38.5. The molecule has 1 aromatic heterocycles. The molecule has 2 N–H and O–H groups in total. The highest BCUT2D eigenvalue weighted by molar-refractivity contribution is 7.18. The Morgan fingerprint density at radius 1 is 1.16 bits per heavy atom. The molecule has 0 saturated heterocycles. The number of carbonyl (C=O) groups excluding carboxylic acids is 3. The summed E-state index contributed by atoms with van der Waals surface area (Å²) in [5.41, 5.74) is 1.00. The molecule has 0 radical (unpaired) electrons. The predicted octanol–water partition coefficient (Wildman–Crippen LogP) is 1.41. The molecular weight excluding hydrogens is 342 g/mol. The van der Waals surface area contributed by atoms with E-state index in [-0.39, 0.29) is 25.5 Å². The third kappa shape index (κ3) is 6.50. The second-order valence-electron chi connectivity index (χ2n) is 5.39. The van der Waals surface area contributed by atoms with Crippen molar-refractivity contribution in [3.05, 3.63) is 29.3 Å². The van der Waals surface area contributed by atoms with E-state index in [1.54, 1.807) is 11.3 Å².